The Morgan fingerprint density at radius 1 is 0.441 bits per heavy atom. The van der Waals surface area contributed by atoms with Crippen molar-refractivity contribution in [1.29, 1.82) is 0 Å². The summed E-state index contributed by atoms with van der Waals surface area (Å²) in [7, 11) is -3.46. The maximum atomic E-state index is 16.4. The van der Waals surface area contributed by atoms with Crippen molar-refractivity contribution < 1.29 is 13.7 Å². The van der Waals surface area contributed by atoms with Crippen molar-refractivity contribution in [1.82, 2.24) is 15.0 Å². The first kappa shape index (κ1) is 33.7. The Morgan fingerprint density at radius 2 is 1.14 bits per heavy atom. The largest absolute Gasteiger partial charge is 0.457 e. The van der Waals surface area contributed by atoms with Gasteiger partial charge in [-0.15, -0.1) is 0 Å². The van der Waals surface area contributed by atoms with E-state index in [1.54, 1.807) is 12.4 Å². The van der Waals surface area contributed by atoms with E-state index in [0.29, 0.717) is 11.3 Å². The van der Waals surface area contributed by atoms with E-state index in [-0.39, 0.29) is 0 Å². The van der Waals surface area contributed by atoms with Crippen molar-refractivity contribution in [3.8, 4) is 45.4 Å². The minimum atomic E-state index is -3.46. The van der Waals surface area contributed by atoms with Gasteiger partial charge >= 0.3 is 0 Å². The van der Waals surface area contributed by atoms with E-state index in [1.807, 2.05) is 109 Å². The van der Waals surface area contributed by atoms with Crippen molar-refractivity contribution in [2.75, 3.05) is 0 Å². The van der Waals surface area contributed by atoms with Crippen molar-refractivity contribution >= 4 is 45.0 Å². The van der Waals surface area contributed by atoms with Crippen LogP contribution in [0.25, 0.3) is 55.8 Å². The smallest absolute Gasteiger partial charge is 0.171 e. The number of para-hydroxylation sites is 2. The van der Waals surface area contributed by atoms with Gasteiger partial charge in [-0.05, 0) is 77.9 Å². The molecule has 1 spiro atoms. The van der Waals surface area contributed by atoms with E-state index in [2.05, 4.69) is 82.8 Å². The molecule has 2 aliphatic rings. The summed E-state index contributed by atoms with van der Waals surface area (Å²) in [5.74, 6) is 1.43. The lowest BCUT2D eigenvalue weighted by Crippen LogP contribution is -2.47. The Morgan fingerprint density at radius 3 is 1.97 bits per heavy atom. The van der Waals surface area contributed by atoms with E-state index in [1.165, 1.54) is 0 Å². The van der Waals surface area contributed by atoms with Gasteiger partial charge in [-0.1, -0.05) is 115 Å². The predicted octanol–water partition coefficient (Wildman–Crippen LogP) is 11.2. The summed E-state index contributed by atoms with van der Waals surface area (Å²) in [5, 5.41) is 4.30. The minimum Gasteiger partial charge on any atom is -0.457 e. The standard InChI is InChI=1S/C52H32N3O3P/c56-59(35-14-2-1-3-15-35)50-23-9-6-18-40(50)52(41-31-37-36-16-4-7-21-46(36)57-48(37)32-51(41)59)38-17-5-8-22-47(38)58-49-30-33(24-25-39(49)52)44-28-34(42-19-10-12-26-53-42)29-45(55-44)43-20-11-13-27-54-43/h1-32H. The lowest BCUT2D eigenvalue weighted by molar-refractivity contribution is 0.435. The van der Waals surface area contributed by atoms with Gasteiger partial charge in [0.25, 0.3) is 0 Å². The molecule has 0 N–H and O–H groups in total. The summed E-state index contributed by atoms with van der Waals surface area (Å²) in [6.07, 6.45) is 3.58. The molecular formula is C52H32N3O3P. The van der Waals surface area contributed by atoms with Crippen LogP contribution in [0.15, 0.2) is 199 Å². The molecule has 0 amide bonds. The highest BCUT2D eigenvalue weighted by Gasteiger charge is 2.55. The highest BCUT2D eigenvalue weighted by Crippen LogP contribution is 2.62. The molecule has 0 saturated carbocycles. The Labute approximate surface area is 339 Å². The maximum absolute atomic E-state index is 16.4. The van der Waals surface area contributed by atoms with Crippen molar-refractivity contribution in [3.63, 3.8) is 0 Å². The van der Waals surface area contributed by atoms with Crippen molar-refractivity contribution in [2.45, 2.75) is 5.41 Å². The van der Waals surface area contributed by atoms with E-state index >= 15 is 4.57 Å². The molecule has 59 heavy (non-hydrogen) atoms. The SMILES string of the molecule is O=P1(c2ccccc2)c2ccccc2C2(c3ccccc3Oc3cc(-c4cc(-c5ccccn5)cc(-c5ccccn5)n4)ccc32)c2cc3c(cc21)oc1ccccc13. The molecule has 6 aromatic carbocycles. The summed E-state index contributed by atoms with van der Waals surface area (Å²) >= 11 is 0. The zero-order valence-electron chi connectivity index (χ0n) is 31.5. The van der Waals surface area contributed by atoms with E-state index in [0.717, 1.165) is 94.2 Å². The molecule has 0 saturated heterocycles. The van der Waals surface area contributed by atoms with Gasteiger partial charge in [0, 0.05) is 61.3 Å². The van der Waals surface area contributed by atoms with Crippen LogP contribution in [0.5, 0.6) is 11.5 Å². The molecule has 4 aromatic heterocycles. The van der Waals surface area contributed by atoms with Crippen LogP contribution in [0, 0.1) is 0 Å². The fourth-order valence-electron chi connectivity index (χ4n) is 9.37. The van der Waals surface area contributed by atoms with Crippen molar-refractivity contribution in [3.05, 3.63) is 217 Å². The summed E-state index contributed by atoms with van der Waals surface area (Å²) in [4.78, 5) is 14.5. The molecule has 0 fully saturated rings. The van der Waals surface area contributed by atoms with Gasteiger partial charge in [0.05, 0.1) is 28.2 Å². The normalized spacial score (nSPS) is 17.5. The van der Waals surface area contributed by atoms with Crippen LogP contribution in [0.2, 0.25) is 0 Å². The van der Waals surface area contributed by atoms with Gasteiger partial charge < -0.3 is 13.7 Å². The molecule has 6 nitrogen and oxygen atoms in total. The van der Waals surface area contributed by atoms with Gasteiger partial charge in [-0.25, -0.2) is 4.98 Å². The van der Waals surface area contributed by atoms with E-state index < -0.39 is 12.6 Å². The van der Waals surface area contributed by atoms with Crippen LogP contribution in [0.4, 0.5) is 0 Å². The molecule has 278 valence electrons. The molecule has 2 atom stereocenters. The highest BCUT2D eigenvalue weighted by molar-refractivity contribution is 7.85. The van der Waals surface area contributed by atoms with Crippen LogP contribution >= 0.6 is 7.14 Å². The summed E-state index contributed by atoms with van der Waals surface area (Å²) in [6.45, 7) is 0. The second-order valence-electron chi connectivity index (χ2n) is 15.0. The van der Waals surface area contributed by atoms with Gasteiger partial charge in [0.15, 0.2) is 7.14 Å². The number of furan rings is 1. The molecule has 7 heteroatoms. The molecule has 2 unspecified atom stereocenters. The molecule has 0 aliphatic carbocycles. The summed E-state index contributed by atoms with van der Waals surface area (Å²) in [6, 6.07) is 61.1. The number of benzene rings is 6. The number of fused-ring (bicyclic) bond motifs is 11. The number of ether oxygens (including phenoxy) is 1. The Bertz CT molecular complexity index is 3290. The van der Waals surface area contributed by atoms with Gasteiger partial charge in [-0.2, -0.15) is 0 Å². The second kappa shape index (κ2) is 12.8. The maximum Gasteiger partial charge on any atom is 0.171 e. The van der Waals surface area contributed by atoms with E-state index in [4.69, 9.17) is 14.1 Å². The number of aromatic nitrogens is 3. The van der Waals surface area contributed by atoms with Crippen LogP contribution in [-0.2, 0) is 9.98 Å². The number of hydrogen-bond donors (Lipinski definition) is 0. The molecule has 10 aromatic rings. The second-order valence-corrected chi connectivity index (χ2v) is 17.7. The minimum absolute atomic E-state index is 0.694. The zero-order chi connectivity index (χ0) is 39.1. The Kier molecular flexibility index (Phi) is 7.32. The fraction of sp³-hybridized carbons (Fsp3) is 0.0192. The third-order valence-electron chi connectivity index (χ3n) is 11.9. The first-order valence-electron chi connectivity index (χ1n) is 19.6. The summed E-state index contributed by atoms with van der Waals surface area (Å²) in [5.41, 5.74) is 9.34. The first-order valence-corrected chi connectivity index (χ1v) is 21.3. The molecule has 12 rings (SSSR count). The van der Waals surface area contributed by atoms with Crippen LogP contribution < -0.4 is 20.7 Å². The number of hydrogen-bond acceptors (Lipinski definition) is 6. The third kappa shape index (κ3) is 4.87. The van der Waals surface area contributed by atoms with Crippen molar-refractivity contribution in [2.24, 2.45) is 0 Å². The van der Waals surface area contributed by atoms with Crippen LogP contribution in [0.1, 0.15) is 22.3 Å². The summed E-state index contributed by atoms with van der Waals surface area (Å²) < 4.78 is 29.9. The zero-order valence-corrected chi connectivity index (χ0v) is 32.4. The van der Waals surface area contributed by atoms with Gasteiger partial charge in [0.1, 0.15) is 22.7 Å². The predicted molar refractivity (Wildman–Crippen MR) is 235 cm³/mol. The first-order chi connectivity index (χ1) is 29.1. The number of nitrogens with zero attached hydrogens (tertiary/aromatic N) is 3. The van der Waals surface area contributed by atoms with Gasteiger partial charge in [-0.3, -0.25) is 9.97 Å². The third-order valence-corrected chi connectivity index (χ3v) is 15.1. The Hall–Kier alpha value is -7.40. The van der Waals surface area contributed by atoms with Crippen LogP contribution in [-0.4, -0.2) is 15.0 Å². The highest BCUT2D eigenvalue weighted by atomic mass is 31.2. The number of pyridine rings is 3. The van der Waals surface area contributed by atoms with E-state index in [9.17, 15) is 0 Å². The molecule has 0 bridgehead atoms. The average Bonchev–Trinajstić information content (AvgIpc) is 3.68. The lowest BCUT2D eigenvalue weighted by Gasteiger charge is -2.47. The number of rotatable bonds is 4. The Balaban J connectivity index is 1.17. The van der Waals surface area contributed by atoms with Crippen LogP contribution in [0.3, 0.4) is 0 Å². The molecule has 2 aliphatic heterocycles. The quantitative estimate of drug-likeness (QED) is 0.166. The topological polar surface area (TPSA) is 78.1 Å². The van der Waals surface area contributed by atoms with Gasteiger partial charge in [0.2, 0.25) is 0 Å². The lowest BCUT2D eigenvalue weighted by atomic mass is 9.63. The molecule has 0 radical (unpaired) electrons. The fourth-order valence-corrected chi connectivity index (χ4v) is 12.5. The monoisotopic (exact) mass is 777 g/mol. The molecule has 6 heterocycles. The molecular weight excluding hydrogens is 746 g/mol. The average molecular weight is 778 g/mol.